The molecule has 0 unspecified atom stereocenters. The molecule has 28 heavy (non-hydrogen) atoms. The summed E-state index contributed by atoms with van der Waals surface area (Å²) in [5, 5.41) is 0. The van der Waals surface area contributed by atoms with Crippen molar-refractivity contribution in [1.29, 1.82) is 0 Å². The lowest BCUT2D eigenvalue weighted by Gasteiger charge is -2.20. The summed E-state index contributed by atoms with van der Waals surface area (Å²) in [6.45, 7) is 6.94. The monoisotopic (exact) mass is 375 g/mol. The van der Waals surface area contributed by atoms with Crippen molar-refractivity contribution in [3.05, 3.63) is 58.1 Å². The van der Waals surface area contributed by atoms with E-state index in [1.54, 1.807) is 22.3 Å². The summed E-state index contributed by atoms with van der Waals surface area (Å²) < 4.78 is 0. The summed E-state index contributed by atoms with van der Waals surface area (Å²) in [6.07, 6.45) is 16.7. The molecule has 0 amide bonds. The number of aryl methyl sites for hydroxylation is 1. The highest BCUT2D eigenvalue weighted by Gasteiger charge is 2.25. The second-order valence-corrected chi connectivity index (χ2v) is 8.62. The average molecular weight is 376 g/mol. The highest BCUT2D eigenvalue weighted by atomic mass is 14.3. The van der Waals surface area contributed by atoms with Crippen LogP contribution in [0.1, 0.15) is 106 Å². The van der Waals surface area contributed by atoms with Crippen LogP contribution in [0.25, 0.3) is 11.1 Å². The van der Waals surface area contributed by atoms with Gasteiger partial charge in [-0.15, -0.1) is 0 Å². The van der Waals surface area contributed by atoms with Gasteiger partial charge in [0.15, 0.2) is 0 Å². The van der Waals surface area contributed by atoms with E-state index in [0.717, 1.165) is 6.42 Å². The summed E-state index contributed by atoms with van der Waals surface area (Å²) in [4.78, 5) is 0. The van der Waals surface area contributed by atoms with E-state index in [2.05, 4.69) is 51.1 Å². The molecule has 0 bridgehead atoms. The van der Waals surface area contributed by atoms with Crippen LogP contribution in [0.4, 0.5) is 0 Å². The van der Waals surface area contributed by atoms with E-state index in [9.17, 15) is 0 Å². The molecule has 0 atom stereocenters. The van der Waals surface area contributed by atoms with E-state index in [0.29, 0.717) is 0 Å². The first kappa shape index (κ1) is 21.2. The number of benzene rings is 2. The van der Waals surface area contributed by atoms with Gasteiger partial charge in [0.25, 0.3) is 0 Å². The Labute approximate surface area is 173 Å². The van der Waals surface area contributed by atoms with E-state index >= 15 is 0 Å². The first-order chi connectivity index (χ1) is 13.8. The first-order valence-electron chi connectivity index (χ1n) is 12.0. The molecule has 0 heterocycles. The Morgan fingerprint density at radius 3 is 2.00 bits per heavy atom. The Morgan fingerprint density at radius 1 is 0.714 bits per heavy atom. The van der Waals surface area contributed by atoms with Crippen LogP contribution in [0.3, 0.4) is 0 Å². The van der Waals surface area contributed by atoms with Crippen LogP contribution in [-0.2, 0) is 25.7 Å². The summed E-state index contributed by atoms with van der Waals surface area (Å²) in [7, 11) is 0. The van der Waals surface area contributed by atoms with E-state index < -0.39 is 0 Å². The molecule has 1 radical (unpaired) electrons. The van der Waals surface area contributed by atoms with Crippen LogP contribution in [0, 0.1) is 6.07 Å². The number of unbranched alkanes of at least 4 members (excludes halogenated alkanes) is 6. The molecule has 3 rings (SSSR count). The molecular weight excluding hydrogens is 336 g/mol. The van der Waals surface area contributed by atoms with Crippen LogP contribution in [0.5, 0.6) is 0 Å². The van der Waals surface area contributed by atoms with Gasteiger partial charge in [-0.25, -0.2) is 0 Å². The molecule has 0 spiro atoms. The fourth-order valence-corrected chi connectivity index (χ4v) is 4.85. The van der Waals surface area contributed by atoms with Crippen molar-refractivity contribution in [3.8, 4) is 11.1 Å². The molecule has 0 saturated carbocycles. The lowest BCUT2D eigenvalue weighted by atomic mass is 9.84. The molecule has 0 saturated heterocycles. The third-order valence-corrected chi connectivity index (χ3v) is 6.38. The van der Waals surface area contributed by atoms with Crippen molar-refractivity contribution >= 4 is 0 Å². The molecule has 0 nitrogen and oxygen atoms in total. The SMILES string of the molecule is CCCCCc1[c]c2c(c(CCCCC)c1CCCCC)-c1ccccc1C2. The van der Waals surface area contributed by atoms with Crippen LogP contribution in [0.15, 0.2) is 24.3 Å². The summed E-state index contributed by atoms with van der Waals surface area (Å²) in [5.41, 5.74) is 11.0. The predicted molar refractivity (Wildman–Crippen MR) is 123 cm³/mol. The highest BCUT2D eigenvalue weighted by Crippen LogP contribution is 2.42. The second-order valence-electron chi connectivity index (χ2n) is 8.62. The topological polar surface area (TPSA) is 0 Å². The van der Waals surface area contributed by atoms with Crippen molar-refractivity contribution in [2.24, 2.45) is 0 Å². The van der Waals surface area contributed by atoms with E-state index in [4.69, 9.17) is 0 Å². The Balaban J connectivity index is 2.03. The normalized spacial score (nSPS) is 12.2. The van der Waals surface area contributed by atoms with Crippen molar-refractivity contribution in [1.82, 2.24) is 0 Å². The van der Waals surface area contributed by atoms with Crippen LogP contribution < -0.4 is 0 Å². The molecular formula is C28H39. The second kappa shape index (κ2) is 10.8. The lowest BCUT2D eigenvalue weighted by Crippen LogP contribution is -2.06. The van der Waals surface area contributed by atoms with Gasteiger partial charge in [-0.1, -0.05) is 83.6 Å². The maximum absolute atomic E-state index is 3.96. The van der Waals surface area contributed by atoms with Gasteiger partial charge in [-0.05, 0) is 90.0 Å². The van der Waals surface area contributed by atoms with Crippen molar-refractivity contribution in [3.63, 3.8) is 0 Å². The van der Waals surface area contributed by atoms with E-state index in [-0.39, 0.29) is 0 Å². The standard InChI is InChI=1S/C28H39/c1-4-7-10-15-22-20-24-21-23-16-13-14-18-26(23)28(24)27(19-12-9-6-3)25(22)17-11-8-5-2/h13-14,16,18H,4-12,15,17,19,21H2,1-3H3. The smallest absolute Gasteiger partial charge is 0.000707 e. The minimum absolute atomic E-state index is 1.09. The van der Waals surface area contributed by atoms with Gasteiger partial charge < -0.3 is 0 Å². The number of rotatable bonds is 12. The molecule has 0 aromatic heterocycles. The Morgan fingerprint density at radius 2 is 1.32 bits per heavy atom. The third kappa shape index (κ3) is 4.88. The zero-order valence-corrected chi connectivity index (χ0v) is 18.5. The summed E-state index contributed by atoms with van der Waals surface area (Å²) >= 11 is 0. The van der Waals surface area contributed by atoms with E-state index in [1.165, 1.54) is 93.7 Å². The van der Waals surface area contributed by atoms with Crippen molar-refractivity contribution in [2.45, 2.75) is 104 Å². The van der Waals surface area contributed by atoms with Gasteiger partial charge in [0.05, 0.1) is 0 Å². The van der Waals surface area contributed by atoms with Crippen LogP contribution in [-0.4, -0.2) is 0 Å². The number of hydrogen-bond donors (Lipinski definition) is 0. The predicted octanol–water partition coefficient (Wildman–Crippen LogP) is 8.26. The summed E-state index contributed by atoms with van der Waals surface area (Å²) in [5.74, 6) is 0. The fraction of sp³-hybridized carbons (Fsp3) is 0.571. The fourth-order valence-electron chi connectivity index (χ4n) is 4.85. The van der Waals surface area contributed by atoms with Crippen LogP contribution in [0.2, 0.25) is 0 Å². The average Bonchev–Trinajstić information content (AvgIpc) is 3.08. The van der Waals surface area contributed by atoms with Gasteiger partial charge in [0.2, 0.25) is 0 Å². The molecule has 2 aromatic carbocycles. The number of hydrogen-bond acceptors (Lipinski definition) is 0. The van der Waals surface area contributed by atoms with E-state index in [1.807, 2.05) is 0 Å². The quantitative estimate of drug-likeness (QED) is 0.279. The van der Waals surface area contributed by atoms with Crippen LogP contribution >= 0.6 is 0 Å². The highest BCUT2D eigenvalue weighted by molar-refractivity contribution is 5.81. The van der Waals surface area contributed by atoms with Gasteiger partial charge in [-0.3, -0.25) is 0 Å². The molecule has 0 N–H and O–H groups in total. The Kier molecular flexibility index (Phi) is 8.19. The molecule has 2 aromatic rings. The van der Waals surface area contributed by atoms with Gasteiger partial charge in [0.1, 0.15) is 0 Å². The Hall–Kier alpha value is -1.56. The molecule has 0 aliphatic heterocycles. The maximum Gasteiger partial charge on any atom is -0.000707 e. The molecule has 151 valence electrons. The van der Waals surface area contributed by atoms with Gasteiger partial charge >= 0.3 is 0 Å². The first-order valence-corrected chi connectivity index (χ1v) is 12.0. The largest absolute Gasteiger partial charge is 0.0654 e. The van der Waals surface area contributed by atoms with Crippen molar-refractivity contribution < 1.29 is 0 Å². The summed E-state index contributed by atoms with van der Waals surface area (Å²) in [6, 6.07) is 13.1. The lowest BCUT2D eigenvalue weighted by molar-refractivity contribution is 0.677. The minimum atomic E-state index is 1.09. The molecule has 0 fully saturated rings. The zero-order chi connectivity index (χ0) is 19.8. The Bertz CT molecular complexity index is 753. The minimum Gasteiger partial charge on any atom is -0.0654 e. The molecule has 1 aliphatic rings. The van der Waals surface area contributed by atoms with Gasteiger partial charge in [-0.2, -0.15) is 0 Å². The molecule has 0 heteroatoms. The number of fused-ring (bicyclic) bond motifs is 3. The maximum atomic E-state index is 3.96. The third-order valence-electron chi connectivity index (χ3n) is 6.38. The van der Waals surface area contributed by atoms with Crippen molar-refractivity contribution in [2.75, 3.05) is 0 Å². The molecule has 1 aliphatic carbocycles. The zero-order valence-electron chi connectivity index (χ0n) is 18.5. The van der Waals surface area contributed by atoms with Gasteiger partial charge in [0, 0.05) is 0 Å².